The number of rotatable bonds is 3. The van der Waals surface area contributed by atoms with Crippen LogP contribution >= 0.6 is 23.4 Å². The molecule has 1 aliphatic rings. The van der Waals surface area contributed by atoms with Crippen LogP contribution in [0.15, 0.2) is 12.3 Å². The molecule has 6 heteroatoms. The number of aryl methyl sites for hydroxylation is 1. The Morgan fingerprint density at radius 2 is 2.37 bits per heavy atom. The second-order valence-electron chi connectivity index (χ2n) is 4.67. The Balaban J connectivity index is 2.07. The number of thioether (sulfide) groups is 1. The van der Waals surface area contributed by atoms with Crippen LogP contribution in [0.1, 0.15) is 18.9 Å². The van der Waals surface area contributed by atoms with Gasteiger partial charge >= 0.3 is 0 Å². The third-order valence-electron chi connectivity index (χ3n) is 3.04. The van der Waals surface area contributed by atoms with E-state index < -0.39 is 0 Å². The highest BCUT2D eigenvalue weighted by Crippen LogP contribution is 2.28. The molecule has 0 spiro atoms. The molecule has 1 saturated heterocycles. The van der Waals surface area contributed by atoms with Crippen molar-refractivity contribution in [2.75, 3.05) is 17.2 Å². The summed E-state index contributed by atoms with van der Waals surface area (Å²) in [6.45, 7) is 4.05. The number of carbonyl (C=O) groups excluding carboxylic acids is 2. The van der Waals surface area contributed by atoms with Crippen molar-refractivity contribution in [1.82, 2.24) is 4.98 Å². The van der Waals surface area contributed by atoms with Crippen molar-refractivity contribution in [3.8, 4) is 0 Å². The Bertz CT molecular complexity index is 521. The van der Waals surface area contributed by atoms with Gasteiger partial charge in [-0.15, -0.1) is 0 Å². The molecule has 2 rings (SSSR count). The fourth-order valence-electron chi connectivity index (χ4n) is 2.02. The number of amides is 1. The molecular weight excluding hydrogens is 284 g/mol. The number of carbonyl (C=O) groups is 2. The van der Waals surface area contributed by atoms with Gasteiger partial charge in [0.05, 0.1) is 5.02 Å². The van der Waals surface area contributed by atoms with Gasteiger partial charge in [0, 0.05) is 31.8 Å². The molecule has 0 N–H and O–H groups in total. The minimum atomic E-state index is 0.0587. The Kier molecular flexibility index (Phi) is 4.47. The average Bonchev–Trinajstić information content (AvgIpc) is 2.72. The molecule has 19 heavy (non-hydrogen) atoms. The fraction of sp³-hybridized carbons (Fsp3) is 0.462. The summed E-state index contributed by atoms with van der Waals surface area (Å²) in [6, 6.07) is 1.82. The van der Waals surface area contributed by atoms with Crippen molar-refractivity contribution >= 4 is 40.2 Å². The summed E-state index contributed by atoms with van der Waals surface area (Å²) in [6.07, 6.45) is 2.04. The normalized spacial score (nSPS) is 19.0. The lowest BCUT2D eigenvalue weighted by Gasteiger charge is -2.16. The standard InChI is InChI=1S/C13H15ClN2O2S/c1-8-3-12(15-5-11(8)14)16-6-10(4-13(16)18)7-19-9(2)17/h3,5,10H,4,6-7H2,1-2H3. The van der Waals surface area contributed by atoms with Crippen molar-refractivity contribution < 1.29 is 9.59 Å². The van der Waals surface area contributed by atoms with Crippen molar-refractivity contribution in [3.63, 3.8) is 0 Å². The smallest absolute Gasteiger partial charge is 0.228 e. The molecule has 1 aromatic heterocycles. The molecule has 4 nitrogen and oxygen atoms in total. The molecule has 1 aliphatic heterocycles. The molecule has 1 aromatic rings. The van der Waals surface area contributed by atoms with E-state index in [-0.39, 0.29) is 16.9 Å². The van der Waals surface area contributed by atoms with Gasteiger partial charge in [-0.25, -0.2) is 4.98 Å². The van der Waals surface area contributed by atoms with Gasteiger partial charge in [0.15, 0.2) is 5.12 Å². The highest BCUT2D eigenvalue weighted by molar-refractivity contribution is 8.13. The Morgan fingerprint density at radius 1 is 1.63 bits per heavy atom. The lowest BCUT2D eigenvalue weighted by Crippen LogP contribution is -2.25. The first kappa shape index (κ1) is 14.3. The predicted molar refractivity (Wildman–Crippen MR) is 77.6 cm³/mol. The molecule has 1 amide bonds. The second kappa shape index (κ2) is 5.92. The van der Waals surface area contributed by atoms with Gasteiger partial charge < -0.3 is 0 Å². The van der Waals surface area contributed by atoms with Gasteiger partial charge in [-0.1, -0.05) is 23.4 Å². The van der Waals surface area contributed by atoms with E-state index in [0.29, 0.717) is 29.6 Å². The van der Waals surface area contributed by atoms with E-state index in [0.717, 1.165) is 5.56 Å². The van der Waals surface area contributed by atoms with Gasteiger partial charge in [0.25, 0.3) is 0 Å². The number of pyridine rings is 1. The quantitative estimate of drug-likeness (QED) is 0.861. The van der Waals surface area contributed by atoms with Crippen LogP contribution in [-0.2, 0) is 9.59 Å². The maximum Gasteiger partial charge on any atom is 0.228 e. The molecule has 0 aliphatic carbocycles. The highest BCUT2D eigenvalue weighted by atomic mass is 35.5. The molecule has 0 aromatic carbocycles. The molecule has 0 radical (unpaired) electrons. The van der Waals surface area contributed by atoms with E-state index >= 15 is 0 Å². The fourth-order valence-corrected chi connectivity index (χ4v) is 2.82. The lowest BCUT2D eigenvalue weighted by molar-refractivity contribution is -0.117. The van der Waals surface area contributed by atoms with Crippen LogP contribution in [0, 0.1) is 12.8 Å². The van der Waals surface area contributed by atoms with Gasteiger partial charge in [-0.2, -0.15) is 0 Å². The number of hydrogen-bond acceptors (Lipinski definition) is 4. The largest absolute Gasteiger partial charge is 0.296 e. The van der Waals surface area contributed by atoms with Crippen LogP contribution in [0.5, 0.6) is 0 Å². The number of nitrogens with zero attached hydrogens (tertiary/aromatic N) is 2. The van der Waals surface area contributed by atoms with Crippen molar-refractivity contribution in [2.45, 2.75) is 20.3 Å². The summed E-state index contributed by atoms with van der Waals surface area (Å²) in [7, 11) is 0. The van der Waals surface area contributed by atoms with Gasteiger partial charge in [0.2, 0.25) is 5.91 Å². The Morgan fingerprint density at radius 3 is 3.00 bits per heavy atom. The zero-order valence-corrected chi connectivity index (χ0v) is 12.4. The molecule has 0 bridgehead atoms. The van der Waals surface area contributed by atoms with Crippen LogP contribution in [0.25, 0.3) is 0 Å². The van der Waals surface area contributed by atoms with Gasteiger partial charge in [-0.3, -0.25) is 14.5 Å². The average molecular weight is 299 g/mol. The van der Waals surface area contributed by atoms with E-state index in [9.17, 15) is 9.59 Å². The van der Waals surface area contributed by atoms with Crippen LogP contribution in [-0.4, -0.2) is 28.3 Å². The molecule has 0 saturated carbocycles. The predicted octanol–water partition coefficient (Wildman–Crippen LogP) is 2.68. The molecular formula is C13H15ClN2O2S. The lowest BCUT2D eigenvalue weighted by atomic mass is 10.1. The monoisotopic (exact) mass is 298 g/mol. The van der Waals surface area contributed by atoms with Crippen LogP contribution in [0.3, 0.4) is 0 Å². The van der Waals surface area contributed by atoms with Crippen molar-refractivity contribution in [1.29, 1.82) is 0 Å². The second-order valence-corrected chi connectivity index (χ2v) is 6.27. The molecule has 2 heterocycles. The number of anilines is 1. The maximum absolute atomic E-state index is 12.0. The first-order valence-electron chi connectivity index (χ1n) is 6.03. The first-order valence-corrected chi connectivity index (χ1v) is 7.39. The van der Waals surface area contributed by atoms with Gasteiger partial charge in [-0.05, 0) is 24.5 Å². The zero-order valence-electron chi connectivity index (χ0n) is 10.9. The minimum absolute atomic E-state index is 0.0587. The van der Waals surface area contributed by atoms with Crippen LogP contribution < -0.4 is 4.90 Å². The van der Waals surface area contributed by atoms with E-state index in [4.69, 9.17) is 11.6 Å². The summed E-state index contributed by atoms with van der Waals surface area (Å²) in [5, 5.41) is 0.686. The molecule has 102 valence electrons. The highest BCUT2D eigenvalue weighted by Gasteiger charge is 2.31. The van der Waals surface area contributed by atoms with Crippen molar-refractivity contribution in [2.24, 2.45) is 5.92 Å². The van der Waals surface area contributed by atoms with Crippen molar-refractivity contribution in [3.05, 3.63) is 22.8 Å². The SMILES string of the molecule is CC(=O)SCC1CC(=O)N(c2cc(C)c(Cl)cn2)C1. The third kappa shape index (κ3) is 3.48. The third-order valence-corrected chi connectivity index (χ3v) is 4.48. The summed E-state index contributed by atoms with van der Waals surface area (Å²) in [4.78, 5) is 28.8. The summed E-state index contributed by atoms with van der Waals surface area (Å²) >= 11 is 7.20. The Labute approximate surface area is 121 Å². The maximum atomic E-state index is 12.0. The zero-order chi connectivity index (χ0) is 14.0. The first-order chi connectivity index (χ1) is 8.97. The minimum Gasteiger partial charge on any atom is -0.296 e. The summed E-state index contributed by atoms with van der Waals surface area (Å²) < 4.78 is 0. The van der Waals surface area contributed by atoms with E-state index in [1.165, 1.54) is 11.8 Å². The molecule has 1 unspecified atom stereocenters. The molecule has 1 fully saturated rings. The van der Waals surface area contributed by atoms with E-state index in [2.05, 4.69) is 4.98 Å². The number of aromatic nitrogens is 1. The molecule has 1 atom stereocenters. The summed E-state index contributed by atoms with van der Waals surface area (Å²) in [5.41, 5.74) is 0.904. The summed E-state index contributed by atoms with van der Waals surface area (Å²) in [5.74, 6) is 1.59. The Hall–Kier alpha value is -1.07. The van der Waals surface area contributed by atoms with E-state index in [1.54, 1.807) is 18.0 Å². The van der Waals surface area contributed by atoms with E-state index in [1.807, 2.05) is 13.0 Å². The topological polar surface area (TPSA) is 50.3 Å². The number of hydrogen-bond donors (Lipinski definition) is 0. The van der Waals surface area contributed by atoms with Crippen LogP contribution in [0.2, 0.25) is 5.02 Å². The van der Waals surface area contributed by atoms with Crippen LogP contribution in [0.4, 0.5) is 5.82 Å². The van der Waals surface area contributed by atoms with Gasteiger partial charge in [0.1, 0.15) is 5.82 Å². The number of halogens is 1.